The number of rotatable bonds is 4. The summed E-state index contributed by atoms with van der Waals surface area (Å²) >= 11 is 1.34. The fourth-order valence-electron chi connectivity index (χ4n) is 4.19. The van der Waals surface area contributed by atoms with Crippen molar-refractivity contribution >= 4 is 34.3 Å². The highest BCUT2D eigenvalue weighted by molar-refractivity contribution is 8.04. The van der Waals surface area contributed by atoms with Crippen LogP contribution in [-0.2, 0) is 0 Å². The lowest BCUT2D eigenvalue weighted by atomic mass is 9.94. The zero-order valence-electron chi connectivity index (χ0n) is 16.2. The van der Waals surface area contributed by atoms with Crippen molar-refractivity contribution in [3.63, 3.8) is 0 Å². The Balaban J connectivity index is 1.46. The van der Waals surface area contributed by atoms with Gasteiger partial charge in [0.15, 0.2) is 0 Å². The van der Waals surface area contributed by atoms with Crippen LogP contribution < -0.4 is 5.32 Å². The monoisotopic (exact) mass is 416 g/mol. The number of hydrogen-bond donors (Lipinski definition) is 1. The average molecular weight is 417 g/mol. The Morgan fingerprint density at radius 2 is 1.97 bits per heavy atom. The molecule has 0 radical (unpaired) electrons. The molecule has 2 aromatic heterocycles. The van der Waals surface area contributed by atoms with Gasteiger partial charge in [-0.05, 0) is 54.3 Å². The minimum atomic E-state index is -0.150. The molecule has 1 saturated carbocycles. The molecule has 0 spiro atoms. The van der Waals surface area contributed by atoms with E-state index in [4.69, 9.17) is 9.68 Å². The van der Waals surface area contributed by atoms with Crippen LogP contribution in [0.4, 0.5) is 0 Å². The maximum Gasteiger partial charge on any atom is 0.306 e. The van der Waals surface area contributed by atoms with Gasteiger partial charge in [-0.1, -0.05) is 36.4 Å². The Labute approximate surface area is 177 Å². The molecule has 1 fully saturated rings. The first kappa shape index (κ1) is 18.8. The summed E-state index contributed by atoms with van der Waals surface area (Å²) < 4.78 is 7.17. The number of aromatic nitrogens is 2. The SMILES string of the molecule is N#CSC1CCC(NC(=O)c2c(-c3ccc4ccccc4c3)nc3occn23)CC1. The minimum Gasteiger partial charge on any atom is -0.432 e. The van der Waals surface area contributed by atoms with Crippen LogP contribution in [0.5, 0.6) is 0 Å². The molecule has 2 heterocycles. The number of carbonyl (C=O) groups is 1. The van der Waals surface area contributed by atoms with E-state index in [2.05, 4.69) is 33.9 Å². The summed E-state index contributed by atoms with van der Waals surface area (Å²) in [7, 11) is 0. The van der Waals surface area contributed by atoms with Gasteiger partial charge >= 0.3 is 5.84 Å². The summed E-state index contributed by atoms with van der Waals surface area (Å²) in [6, 6.07) is 14.3. The van der Waals surface area contributed by atoms with Gasteiger partial charge < -0.3 is 9.73 Å². The highest BCUT2D eigenvalue weighted by Crippen LogP contribution is 2.30. The summed E-state index contributed by atoms with van der Waals surface area (Å²) in [5.41, 5.74) is 1.99. The number of amides is 1. The number of carbonyl (C=O) groups excluding carboxylic acids is 1. The van der Waals surface area contributed by atoms with Crippen molar-refractivity contribution in [2.75, 3.05) is 0 Å². The van der Waals surface area contributed by atoms with Crippen LogP contribution in [0, 0.1) is 10.7 Å². The second-order valence-corrected chi connectivity index (χ2v) is 8.67. The molecule has 5 rings (SSSR count). The van der Waals surface area contributed by atoms with Crippen molar-refractivity contribution in [3.05, 3.63) is 60.6 Å². The molecule has 4 aromatic rings. The summed E-state index contributed by atoms with van der Waals surface area (Å²) in [5.74, 6) is 0.251. The van der Waals surface area contributed by atoms with E-state index in [1.807, 2.05) is 24.3 Å². The van der Waals surface area contributed by atoms with E-state index in [1.165, 1.54) is 18.0 Å². The number of nitrogens with zero attached hydrogens (tertiary/aromatic N) is 3. The first-order valence-corrected chi connectivity index (χ1v) is 10.9. The molecule has 150 valence electrons. The lowest BCUT2D eigenvalue weighted by Crippen LogP contribution is -2.38. The topological polar surface area (TPSA) is 83.3 Å². The Morgan fingerprint density at radius 3 is 2.77 bits per heavy atom. The number of imidazole rings is 1. The van der Waals surface area contributed by atoms with Crippen molar-refractivity contribution in [2.24, 2.45) is 0 Å². The Morgan fingerprint density at radius 1 is 1.17 bits per heavy atom. The molecule has 0 unspecified atom stereocenters. The first-order valence-electron chi connectivity index (χ1n) is 10.0. The molecule has 0 saturated heterocycles. The zero-order chi connectivity index (χ0) is 20.5. The lowest BCUT2D eigenvalue weighted by molar-refractivity contribution is 0.0923. The van der Waals surface area contributed by atoms with E-state index in [1.54, 1.807) is 10.6 Å². The maximum atomic E-state index is 13.3. The lowest BCUT2D eigenvalue weighted by Gasteiger charge is -2.27. The number of nitrogens with one attached hydrogen (secondary N) is 1. The van der Waals surface area contributed by atoms with E-state index in [0.29, 0.717) is 22.5 Å². The number of oxazole rings is 1. The summed E-state index contributed by atoms with van der Waals surface area (Å²) in [4.78, 5) is 17.9. The smallest absolute Gasteiger partial charge is 0.306 e. The maximum absolute atomic E-state index is 13.3. The molecular weight excluding hydrogens is 396 g/mol. The molecule has 0 bridgehead atoms. The Kier molecular flexibility index (Phi) is 4.93. The Hall–Kier alpha value is -3.24. The van der Waals surface area contributed by atoms with Crippen molar-refractivity contribution in [1.82, 2.24) is 14.7 Å². The van der Waals surface area contributed by atoms with Crippen LogP contribution in [0.25, 0.3) is 27.9 Å². The number of benzene rings is 2. The van der Waals surface area contributed by atoms with E-state index in [9.17, 15) is 4.79 Å². The standard InChI is InChI=1S/C23H20N4O2S/c24-14-30-19-9-7-18(8-10-19)25-22(28)21-20(26-23-27(21)11-12-29-23)17-6-5-15-3-1-2-4-16(15)13-17/h1-6,11-13,18-19H,7-10H2,(H,25,28). The third-order valence-electron chi connectivity index (χ3n) is 5.73. The average Bonchev–Trinajstić information content (AvgIpc) is 3.36. The quantitative estimate of drug-likeness (QED) is 0.473. The number of hydrogen-bond acceptors (Lipinski definition) is 5. The minimum absolute atomic E-state index is 0.106. The van der Waals surface area contributed by atoms with Gasteiger partial charge in [0.2, 0.25) is 0 Å². The van der Waals surface area contributed by atoms with Crippen LogP contribution in [0.3, 0.4) is 0 Å². The van der Waals surface area contributed by atoms with Crippen molar-refractivity contribution in [3.8, 4) is 16.7 Å². The second kappa shape index (κ2) is 7.88. The highest BCUT2D eigenvalue weighted by atomic mass is 32.2. The largest absolute Gasteiger partial charge is 0.432 e. The normalized spacial score (nSPS) is 19.0. The molecule has 0 atom stereocenters. The predicted molar refractivity (Wildman–Crippen MR) is 117 cm³/mol. The number of thioether (sulfide) groups is 1. The second-order valence-electron chi connectivity index (χ2n) is 7.58. The summed E-state index contributed by atoms with van der Waals surface area (Å²) in [5, 5.41) is 16.8. The van der Waals surface area contributed by atoms with Gasteiger partial charge in [0.25, 0.3) is 5.91 Å². The molecule has 6 nitrogen and oxygen atoms in total. The molecule has 1 amide bonds. The first-order chi connectivity index (χ1) is 14.7. The molecule has 30 heavy (non-hydrogen) atoms. The molecule has 2 aromatic carbocycles. The summed E-state index contributed by atoms with van der Waals surface area (Å²) in [6.45, 7) is 0. The van der Waals surface area contributed by atoms with E-state index >= 15 is 0 Å². The van der Waals surface area contributed by atoms with E-state index < -0.39 is 0 Å². The predicted octanol–water partition coefficient (Wildman–Crippen LogP) is 5.00. The van der Waals surface area contributed by atoms with Crippen molar-refractivity contribution in [1.29, 1.82) is 5.26 Å². The number of fused-ring (bicyclic) bond motifs is 2. The van der Waals surface area contributed by atoms with Gasteiger partial charge in [-0.3, -0.25) is 9.20 Å². The molecule has 1 aliphatic carbocycles. The van der Waals surface area contributed by atoms with Gasteiger partial charge in [-0.25, -0.2) is 0 Å². The van der Waals surface area contributed by atoms with Crippen LogP contribution in [0.1, 0.15) is 36.2 Å². The highest BCUT2D eigenvalue weighted by Gasteiger charge is 2.27. The third kappa shape index (κ3) is 3.44. The fourth-order valence-corrected chi connectivity index (χ4v) is 4.85. The van der Waals surface area contributed by atoms with Crippen LogP contribution >= 0.6 is 11.8 Å². The summed E-state index contributed by atoms with van der Waals surface area (Å²) in [6.07, 6.45) is 6.89. The zero-order valence-corrected chi connectivity index (χ0v) is 17.1. The van der Waals surface area contributed by atoms with Crippen LogP contribution in [0.15, 0.2) is 59.3 Å². The van der Waals surface area contributed by atoms with E-state index in [0.717, 1.165) is 42.0 Å². The fraction of sp³-hybridized carbons (Fsp3) is 0.261. The molecule has 0 aliphatic heterocycles. The molecule has 1 aliphatic rings. The van der Waals surface area contributed by atoms with Gasteiger partial charge in [-0.2, -0.15) is 10.2 Å². The van der Waals surface area contributed by atoms with E-state index in [-0.39, 0.29) is 11.9 Å². The van der Waals surface area contributed by atoms with Crippen molar-refractivity contribution in [2.45, 2.75) is 37.0 Å². The third-order valence-corrected chi connectivity index (χ3v) is 6.64. The van der Waals surface area contributed by atoms with Crippen molar-refractivity contribution < 1.29 is 9.21 Å². The van der Waals surface area contributed by atoms with Crippen LogP contribution in [-0.4, -0.2) is 26.6 Å². The van der Waals surface area contributed by atoms with Gasteiger partial charge in [0, 0.05) is 23.1 Å². The van der Waals surface area contributed by atoms with Gasteiger partial charge in [-0.15, -0.1) is 0 Å². The van der Waals surface area contributed by atoms with Gasteiger partial charge in [0.05, 0.1) is 0 Å². The van der Waals surface area contributed by atoms with Crippen LogP contribution in [0.2, 0.25) is 0 Å². The number of thiocyanates is 1. The van der Waals surface area contributed by atoms with Gasteiger partial charge in [0.1, 0.15) is 23.1 Å². The Bertz CT molecular complexity index is 1260. The molecular formula is C23H20N4O2S. The molecule has 1 N–H and O–H groups in total. The molecule has 7 heteroatoms. The number of nitriles is 1.